The summed E-state index contributed by atoms with van der Waals surface area (Å²) in [6, 6.07) is 0. The van der Waals surface area contributed by atoms with Crippen LogP contribution in [0.15, 0.2) is 5.38 Å². The third-order valence-electron chi connectivity index (χ3n) is 6.72. The van der Waals surface area contributed by atoms with E-state index in [9.17, 15) is 0 Å². The number of imidazole rings is 1. The lowest BCUT2D eigenvalue weighted by Gasteiger charge is -2.23. The highest BCUT2D eigenvalue weighted by Gasteiger charge is 2.26. The summed E-state index contributed by atoms with van der Waals surface area (Å²) in [5.41, 5.74) is 6.10. The summed E-state index contributed by atoms with van der Waals surface area (Å²) in [5.74, 6) is 2.84. The molecule has 4 nitrogen and oxygen atoms in total. The summed E-state index contributed by atoms with van der Waals surface area (Å²) in [5, 5.41) is 5.76. The monoisotopic (exact) mass is 382 g/mol. The van der Waals surface area contributed by atoms with Crippen molar-refractivity contribution < 1.29 is 0 Å². The number of hydrogen-bond donors (Lipinski definition) is 1. The molecule has 2 aliphatic rings. The Morgan fingerprint density at radius 3 is 2.63 bits per heavy atom. The maximum Gasteiger partial charge on any atom is 0.113 e. The predicted octanol–water partition coefficient (Wildman–Crippen LogP) is 5.31. The first-order chi connectivity index (χ1) is 13.2. The topological polar surface area (TPSA) is 42.7 Å². The number of nitrogens with zero attached hydrogens (tertiary/aromatic N) is 3. The van der Waals surface area contributed by atoms with Gasteiger partial charge in [0.2, 0.25) is 0 Å². The van der Waals surface area contributed by atoms with Crippen molar-refractivity contribution in [2.24, 2.45) is 5.92 Å². The van der Waals surface area contributed by atoms with Crippen molar-refractivity contribution >= 4 is 32.6 Å². The minimum Gasteiger partial charge on any atom is -0.326 e. The van der Waals surface area contributed by atoms with Gasteiger partial charge in [-0.1, -0.05) is 12.8 Å². The Morgan fingerprint density at radius 2 is 1.85 bits per heavy atom. The largest absolute Gasteiger partial charge is 0.326 e. The number of nitrogens with one attached hydrogen (secondary N) is 1. The highest BCUT2D eigenvalue weighted by Crippen LogP contribution is 2.39. The lowest BCUT2D eigenvalue weighted by Crippen LogP contribution is -2.28. The Kier molecular flexibility index (Phi) is 4.68. The van der Waals surface area contributed by atoms with E-state index in [2.05, 4.69) is 29.1 Å². The van der Waals surface area contributed by atoms with Gasteiger partial charge in [0.15, 0.2) is 0 Å². The van der Waals surface area contributed by atoms with E-state index >= 15 is 0 Å². The van der Waals surface area contributed by atoms with Crippen molar-refractivity contribution in [3.05, 3.63) is 22.5 Å². The molecule has 0 amide bonds. The number of hydrogen-bond acceptors (Lipinski definition) is 4. The van der Waals surface area contributed by atoms with Gasteiger partial charge in [-0.15, -0.1) is 11.3 Å². The summed E-state index contributed by atoms with van der Waals surface area (Å²) in [6.07, 6.45) is 9.23. The molecular formula is C22H30N4S. The van der Waals surface area contributed by atoms with Gasteiger partial charge in [-0.2, -0.15) is 0 Å². The first-order valence-electron chi connectivity index (χ1n) is 10.7. The summed E-state index contributed by atoms with van der Waals surface area (Å²) in [4.78, 5) is 10.1. The minimum absolute atomic E-state index is 0.640. The van der Waals surface area contributed by atoms with Crippen LogP contribution in [-0.2, 0) is 6.54 Å². The maximum absolute atomic E-state index is 5.21. The van der Waals surface area contributed by atoms with Crippen LogP contribution >= 0.6 is 11.3 Å². The molecule has 5 heteroatoms. The zero-order valence-electron chi connectivity index (χ0n) is 16.6. The lowest BCUT2D eigenvalue weighted by molar-refractivity contribution is 0.336. The van der Waals surface area contributed by atoms with Crippen LogP contribution in [0.3, 0.4) is 0 Å². The fourth-order valence-corrected chi connectivity index (χ4v) is 6.17. The molecule has 0 aromatic carbocycles. The second kappa shape index (κ2) is 7.17. The average Bonchev–Trinajstić information content (AvgIpc) is 3.40. The molecule has 0 bridgehead atoms. The van der Waals surface area contributed by atoms with Crippen molar-refractivity contribution in [1.29, 1.82) is 0 Å². The molecule has 0 atom stereocenters. The van der Waals surface area contributed by atoms with Gasteiger partial charge in [-0.25, -0.2) is 9.97 Å². The highest BCUT2D eigenvalue weighted by molar-refractivity contribution is 7.18. The molecule has 5 rings (SSSR count). The Morgan fingerprint density at radius 1 is 1.07 bits per heavy atom. The van der Waals surface area contributed by atoms with E-state index in [0.29, 0.717) is 5.92 Å². The van der Waals surface area contributed by atoms with Gasteiger partial charge in [-0.05, 0) is 75.9 Å². The van der Waals surface area contributed by atoms with Crippen LogP contribution in [0.25, 0.3) is 21.3 Å². The van der Waals surface area contributed by atoms with E-state index < -0.39 is 0 Å². The molecule has 1 aliphatic carbocycles. The van der Waals surface area contributed by atoms with Crippen LogP contribution in [0.5, 0.6) is 0 Å². The number of pyridine rings is 1. The van der Waals surface area contributed by atoms with Crippen molar-refractivity contribution in [1.82, 2.24) is 19.9 Å². The van der Waals surface area contributed by atoms with E-state index in [0.717, 1.165) is 23.7 Å². The molecule has 144 valence electrons. The molecular weight excluding hydrogens is 352 g/mol. The third kappa shape index (κ3) is 3.09. The van der Waals surface area contributed by atoms with Crippen molar-refractivity contribution in [3.63, 3.8) is 0 Å². The molecule has 1 N–H and O–H groups in total. The summed E-state index contributed by atoms with van der Waals surface area (Å²) in [7, 11) is 0. The molecule has 4 heterocycles. The molecule has 27 heavy (non-hydrogen) atoms. The Hall–Kier alpha value is -1.46. The first kappa shape index (κ1) is 17.6. The number of rotatable bonds is 4. The number of aryl methyl sites for hydroxylation is 3. The maximum atomic E-state index is 5.21. The van der Waals surface area contributed by atoms with Crippen LogP contribution in [0.4, 0.5) is 0 Å². The van der Waals surface area contributed by atoms with Gasteiger partial charge in [-0.3, -0.25) is 0 Å². The van der Waals surface area contributed by atoms with E-state index in [4.69, 9.17) is 9.97 Å². The van der Waals surface area contributed by atoms with Crippen LogP contribution in [-0.4, -0.2) is 27.6 Å². The lowest BCUT2D eigenvalue weighted by atomic mass is 9.94. The normalized spacial score (nSPS) is 19.6. The summed E-state index contributed by atoms with van der Waals surface area (Å²) < 4.78 is 3.95. The van der Waals surface area contributed by atoms with Crippen LogP contribution in [0, 0.1) is 19.8 Å². The predicted molar refractivity (Wildman–Crippen MR) is 114 cm³/mol. The van der Waals surface area contributed by atoms with Crippen molar-refractivity contribution in [3.8, 4) is 0 Å². The van der Waals surface area contributed by atoms with Crippen LogP contribution < -0.4 is 5.32 Å². The number of thiophene rings is 1. The smallest absolute Gasteiger partial charge is 0.113 e. The fourth-order valence-electron chi connectivity index (χ4n) is 5.12. The number of piperidine rings is 1. The quantitative estimate of drug-likeness (QED) is 0.665. The molecule has 0 unspecified atom stereocenters. The first-order valence-corrected chi connectivity index (χ1v) is 11.6. The van der Waals surface area contributed by atoms with E-state index in [1.54, 1.807) is 0 Å². The average molecular weight is 383 g/mol. The highest BCUT2D eigenvalue weighted by atomic mass is 32.1. The van der Waals surface area contributed by atoms with Gasteiger partial charge < -0.3 is 9.88 Å². The molecule has 1 aliphatic heterocycles. The summed E-state index contributed by atoms with van der Waals surface area (Å²) >= 11 is 1.85. The Balaban J connectivity index is 1.63. The second-order valence-electron chi connectivity index (χ2n) is 8.58. The SMILES string of the molecule is Cc1csc2c1nc(C)c1nc(C3CCCC3)n(CCC3CCNCC3)c12. The minimum atomic E-state index is 0.640. The van der Waals surface area contributed by atoms with Crippen molar-refractivity contribution in [2.75, 3.05) is 13.1 Å². The van der Waals surface area contributed by atoms with Gasteiger partial charge in [0.1, 0.15) is 11.3 Å². The van der Waals surface area contributed by atoms with Crippen molar-refractivity contribution in [2.45, 2.75) is 71.3 Å². The van der Waals surface area contributed by atoms with Gasteiger partial charge >= 0.3 is 0 Å². The Bertz CT molecular complexity index is 958. The molecule has 1 saturated heterocycles. The molecule has 2 fully saturated rings. The van der Waals surface area contributed by atoms with E-state index in [-0.39, 0.29) is 0 Å². The van der Waals surface area contributed by atoms with Gasteiger partial charge in [0.05, 0.1) is 21.4 Å². The zero-order chi connectivity index (χ0) is 18.4. The van der Waals surface area contributed by atoms with Gasteiger partial charge in [0.25, 0.3) is 0 Å². The number of fused-ring (bicyclic) bond motifs is 3. The van der Waals surface area contributed by atoms with Crippen LogP contribution in [0.2, 0.25) is 0 Å². The second-order valence-corrected chi connectivity index (χ2v) is 9.46. The van der Waals surface area contributed by atoms with Crippen LogP contribution in [0.1, 0.15) is 67.9 Å². The number of aromatic nitrogens is 3. The van der Waals surface area contributed by atoms with Gasteiger partial charge in [0, 0.05) is 12.5 Å². The standard InChI is InChI=1S/C22H30N4S/c1-14-13-27-21-18(14)24-15(2)19-20(21)26(12-9-16-7-10-23-11-8-16)22(25-19)17-5-3-4-6-17/h13,16-17,23H,3-12H2,1-2H3. The zero-order valence-corrected chi connectivity index (χ0v) is 17.4. The molecule has 0 spiro atoms. The summed E-state index contributed by atoms with van der Waals surface area (Å²) in [6.45, 7) is 7.80. The van der Waals surface area contributed by atoms with E-state index in [1.807, 2.05) is 11.3 Å². The third-order valence-corrected chi connectivity index (χ3v) is 7.81. The fraction of sp³-hybridized carbons (Fsp3) is 0.636. The molecule has 1 saturated carbocycles. The Labute approximate surface area is 165 Å². The molecule has 3 aromatic rings. The van der Waals surface area contributed by atoms with E-state index in [1.165, 1.54) is 85.2 Å². The molecule has 0 radical (unpaired) electrons. The molecule has 3 aromatic heterocycles.